The van der Waals surface area contributed by atoms with Crippen LogP contribution in [0, 0.1) is 0 Å². The van der Waals surface area contributed by atoms with Gasteiger partial charge in [-0.05, 0) is 35.6 Å². The third-order valence-corrected chi connectivity index (χ3v) is 11.6. The highest BCUT2D eigenvalue weighted by Gasteiger charge is 2.37. The second kappa shape index (κ2) is 23.8. The molecule has 52 heavy (non-hydrogen) atoms. The minimum atomic E-state index is 0. The van der Waals surface area contributed by atoms with Crippen LogP contribution in [0.25, 0.3) is 16.3 Å². The van der Waals surface area contributed by atoms with E-state index < -0.39 is 0 Å². The van der Waals surface area contributed by atoms with Gasteiger partial charge >= 0.3 is 0 Å². The number of thiazole rings is 1. The lowest BCUT2D eigenvalue weighted by Gasteiger charge is -2.33. The van der Waals surface area contributed by atoms with Gasteiger partial charge in [-0.3, -0.25) is 0 Å². The molecule has 5 rings (SSSR count). The predicted octanol–water partition coefficient (Wildman–Crippen LogP) is 0.650. The average Bonchev–Trinajstić information content (AvgIpc) is 3.64. The Kier molecular flexibility index (Phi) is 23.7. The molecule has 5 nitrogen and oxygen atoms in total. The highest BCUT2D eigenvalue weighted by molar-refractivity contribution is 14.0. The van der Waals surface area contributed by atoms with Crippen LogP contribution in [-0.2, 0) is 12.0 Å². The number of likely N-dealkylation sites (N-methyl/N-ethyl adjacent to an activating group) is 1. The van der Waals surface area contributed by atoms with Gasteiger partial charge in [0.25, 0.3) is 5.01 Å². The zero-order chi connectivity index (χ0) is 35.0. The van der Waals surface area contributed by atoms with E-state index in [2.05, 4.69) is 151 Å². The smallest absolute Gasteiger partial charge is 0.262 e. The molecule has 2 aliphatic rings. The number of hydrogen-bond acceptors (Lipinski definition) is 4. The Morgan fingerprint density at radius 3 is 2.04 bits per heavy atom. The van der Waals surface area contributed by atoms with Crippen molar-refractivity contribution in [2.75, 3.05) is 73.4 Å². The number of halogens is 4. The largest absolute Gasteiger partial charge is 1.00 e. The Labute approximate surface area is 392 Å². The number of para-hydroxylation sites is 2. The van der Waals surface area contributed by atoms with Crippen molar-refractivity contribution in [3.05, 3.63) is 112 Å². The topological polar surface area (TPSA) is 10.4 Å². The zero-order valence-electron chi connectivity index (χ0n) is 32.6. The molecule has 0 radical (unpaired) electrons. The van der Waals surface area contributed by atoms with E-state index in [1.54, 1.807) is 11.8 Å². The molecule has 2 aromatic carbocycles. The molecule has 0 spiro atoms. The van der Waals surface area contributed by atoms with Gasteiger partial charge in [-0.25, -0.2) is 0 Å². The summed E-state index contributed by atoms with van der Waals surface area (Å²) in [6.07, 6.45) is 16.8. The van der Waals surface area contributed by atoms with Crippen LogP contribution in [0.2, 0.25) is 0 Å². The molecule has 0 saturated heterocycles. The van der Waals surface area contributed by atoms with Crippen LogP contribution in [0.4, 0.5) is 5.69 Å². The van der Waals surface area contributed by atoms with Crippen molar-refractivity contribution in [2.45, 2.75) is 52.0 Å². The molecule has 0 amide bonds. The van der Waals surface area contributed by atoms with E-state index in [0.29, 0.717) is 0 Å². The van der Waals surface area contributed by atoms with E-state index in [9.17, 15) is 0 Å². The molecule has 0 unspecified atom stereocenters. The van der Waals surface area contributed by atoms with E-state index >= 15 is 0 Å². The number of nitrogens with zero attached hydrogens (tertiary/aromatic N) is 5. The molecule has 3 heterocycles. The predicted molar refractivity (Wildman–Crippen MR) is 228 cm³/mol. The zero-order valence-corrected chi connectivity index (χ0v) is 43.1. The summed E-state index contributed by atoms with van der Waals surface area (Å²) in [5.41, 5.74) is 5.38. The minimum Gasteiger partial charge on any atom is -1.00 e. The summed E-state index contributed by atoms with van der Waals surface area (Å²) in [5.74, 6) is 0. The number of aryl methyl sites for hydroxylation is 1. The molecule has 11 heteroatoms. The number of aromatic nitrogens is 1. The lowest BCUT2D eigenvalue weighted by atomic mass is 9.84. The van der Waals surface area contributed by atoms with Crippen LogP contribution in [-0.4, -0.2) is 82.3 Å². The number of anilines is 1. The van der Waals surface area contributed by atoms with Gasteiger partial charge in [0, 0.05) is 55.7 Å². The fourth-order valence-electron chi connectivity index (χ4n) is 6.84. The van der Waals surface area contributed by atoms with Gasteiger partial charge in [-0.2, -0.15) is 4.57 Å². The molecule has 3 aromatic rings. The van der Waals surface area contributed by atoms with Crippen LogP contribution < -0.4 is 81.4 Å². The molecule has 1 aromatic heterocycles. The third-order valence-electron chi connectivity index (χ3n) is 9.68. The van der Waals surface area contributed by atoms with E-state index in [-0.39, 0.29) is 101 Å². The Hall–Kier alpha value is -0.180. The Morgan fingerprint density at radius 2 is 1.44 bits per heavy atom. The number of benzene rings is 2. The van der Waals surface area contributed by atoms with Crippen LogP contribution in [0.15, 0.2) is 102 Å². The maximum absolute atomic E-state index is 3.76. The SMILES string of the molecule is C=C1SC=CN1C.CCC[N+](C)(C)CCC[N+](C)(C)CCC[n+]1c(C=CC=CC=C2N(C)c3ccccc3C2(C)C)sc2ccccc21.I.[I-].[I-].[I-]. The van der Waals surface area contributed by atoms with E-state index in [1.165, 1.54) is 77.6 Å². The molecule has 290 valence electrons. The lowest BCUT2D eigenvalue weighted by Crippen LogP contribution is -3.00. The second-order valence-corrected chi connectivity index (χ2v) is 17.0. The first-order valence-electron chi connectivity index (χ1n) is 17.4. The first-order chi connectivity index (χ1) is 22.8. The Bertz CT molecular complexity index is 1680. The van der Waals surface area contributed by atoms with E-state index in [4.69, 9.17) is 0 Å². The summed E-state index contributed by atoms with van der Waals surface area (Å²) in [6.45, 7) is 16.7. The molecule has 0 aliphatic carbocycles. The summed E-state index contributed by atoms with van der Waals surface area (Å²) in [5, 5.41) is 4.43. The maximum atomic E-state index is 3.76. The van der Waals surface area contributed by atoms with Crippen molar-refractivity contribution in [3.63, 3.8) is 0 Å². The molecule has 0 atom stereocenters. The molecule has 0 saturated carbocycles. The Balaban J connectivity index is 0.00000212. The highest BCUT2D eigenvalue weighted by Crippen LogP contribution is 2.46. The number of hydrogen-bond donors (Lipinski definition) is 0. The monoisotopic (exact) mass is 1200 g/mol. The molecular formula is C41H61I4N5S2. The van der Waals surface area contributed by atoms with Crippen molar-refractivity contribution in [3.8, 4) is 0 Å². The quantitative estimate of drug-likeness (QED) is 0.108. The molecular weight excluding hydrogens is 1130 g/mol. The van der Waals surface area contributed by atoms with Crippen LogP contribution >= 0.6 is 47.1 Å². The second-order valence-electron chi connectivity index (χ2n) is 14.9. The van der Waals surface area contributed by atoms with Gasteiger partial charge in [0.1, 0.15) is 4.70 Å². The third kappa shape index (κ3) is 14.4. The number of rotatable bonds is 13. The van der Waals surface area contributed by atoms with Crippen molar-refractivity contribution in [2.24, 2.45) is 0 Å². The summed E-state index contributed by atoms with van der Waals surface area (Å²) in [6, 6.07) is 17.6. The van der Waals surface area contributed by atoms with Gasteiger partial charge in [-0.1, -0.05) is 99.0 Å². The molecule has 0 fully saturated rings. The number of fused-ring (bicyclic) bond motifs is 2. The van der Waals surface area contributed by atoms with Gasteiger partial charge in [0.2, 0.25) is 5.52 Å². The molecule has 0 N–H and O–H groups in total. The van der Waals surface area contributed by atoms with Gasteiger partial charge in [0.15, 0.2) is 6.54 Å². The minimum absolute atomic E-state index is 0. The number of quaternary nitrogens is 2. The highest BCUT2D eigenvalue weighted by atomic mass is 127. The molecule has 2 aliphatic heterocycles. The number of allylic oxidation sites excluding steroid dienone is 5. The van der Waals surface area contributed by atoms with Gasteiger partial charge in [-0.15, -0.1) is 24.0 Å². The van der Waals surface area contributed by atoms with Crippen molar-refractivity contribution < 1.29 is 85.5 Å². The van der Waals surface area contributed by atoms with Crippen molar-refractivity contribution in [1.29, 1.82) is 0 Å². The summed E-state index contributed by atoms with van der Waals surface area (Å²) < 4.78 is 6.10. The Morgan fingerprint density at radius 1 is 0.827 bits per heavy atom. The molecule has 0 bridgehead atoms. The van der Waals surface area contributed by atoms with Gasteiger partial charge < -0.3 is 90.7 Å². The fraction of sp³-hybridized carbons (Fsp3) is 0.439. The van der Waals surface area contributed by atoms with Crippen LogP contribution in [0.5, 0.6) is 0 Å². The van der Waals surface area contributed by atoms with Crippen LogP contribution in [0.3, 0.4) is 0 Å². The first-order valence-corrected chi connectivity index (χ1v) is 19.1. The summed E-state index contributed by atoms with van der Waals surface area (Å²) in [4.78, 5) is 4.32. The normalized spacial score (nSPS) is 15.6. The number of thioether (sulfide) groups is 1. The summed E-state index contributed by atoms with van der Waals surface area (Å²) >= 11 is 3.55. The van der Waals surface area contributed by atoms with Crippen LogP contribution in [0.1, 0.15) is 50.6 Å². The van der Waals surface area contributed by atoms with E-state index in [0.717, 1.165) is 20.5 Å². The fourth-order valence-corrected chi connectivity index (χ4v) is 8.57. The van der Waals surface area contributed by atoms with Crippen molar-refractivity contribution in [1.82, 2.24) is 4.90 Å². The summed E-state index contributed by atoms with van der Waals surface area (Å²) in [7, 11) is 13.7. The first kappa shape index (κ1) is 51.8. The average molecular weight is 1200 g/mol. The lowest BCUT2D eigenvalue weighted by molar-refractivity contribution is -0.910. The van der Waals surface area contributed by atoms with Crippen molar-refractivity contribution >= 4 is 69.1 Å². The maximum Gasteiger partial charge on any atom is 0.262 e. The standard InChI is InChI=1S/C36H53N4S.C5H7NS.4HI/c1-9-26-39(5,6)28-18-29-40(7,8)27-17-25-38-32-21-15-16-22-33(32)41-35(38)24-12-10-11-23-34-36(2,3)30-19-13-14-20-31(30)37(34)4;1-5-6(2)3-4-7-5;;;;/h10-16,19-24H,9,17-18,25-29H2,1-8H3;3-4H,1H2,2H3;4*1H/q+3;;;;;/p-3. The van der Waals surface area contributed by atoms with Gasteiger partial charge in [0.05, 0.1) is 65.8 Å². The van der Waals surface area contributed by atoms with E-state index in [1.807, 2.05) is 34.9 Å².